The first-order chi connectivity index (χ1) is 7.99. The van der Waals surface area contributed by atoms with E-state index in [1.807, 2.05) is 12.1 Å². The zero-order valence-corrected chi connectivity index (χ0v) is 11.6. The first kappa shape index (κ1) is 12.6. The van der Waals surface area contributed by atoms with E-state index in [9.17, 15) is 0 Å². The Kier molecular flexibility index (Phi) is 3.53. The van der Waals surface area contributed by atoms with Gasteiger partial charge in [-0.2, -0.15) is 0 Å². The molecule has 0 aliphatic carbocycles. The number of halogens is 1. The van der Waals surface area contributed by atoms with Crippen molar-refractivity contribution >= 4 is 23.0 Å². The van der Waals surface area contributed by atoms with Gasteiger partial charge in [-0.15, -0.1) is 0 Å². The van der Waals surface area contributed by atoms with Crippen LogP contribution in [0.3, 0.4) is 0 Å². The quantitative estimate of drug-likeness (QED) is 0.813. The SMILES string of the molecule is Cc1cc(N)c(Cl)cc1N1CCC(C(C)C)C1. The maximum absolute atomic E-state index is 6.11. The Labute approximate surface area is 109 Å². The summed E-state index contributed by atoms with van der Waals surface area (Å²) in [6, 6.07) is 3.98. The van der Waals surface area contributed by atoms with Crippen molar-refractivity contribution in [3.05, 3.63) is 22.7 Å². The topological polar surface area (TPSA) is 29.3 Å². The van der Waals surface area contributed by atoms with Gasteiger partial charge >= 0.3 is 0 Å². The summed E-state index contributed by atoms with van der Waals surface area (Å²) in [6.45, 7) is 8.97. The Morgan fingerprint density at radius 3 is 2.71 bits per heavy atom. The molecule has 1 aliphatic heterocycles. The number of aryl methyl sites for hydroxylation is 1. The summed E-state index contributed by atoms with van der Waals surface area (Å²) in [4.78, 5) is 2.44. The fourth-order valence-corrected chi connectivity index (χ4v) is 2.74. The number of hydrogen-bond donors (Lipinski definition) is 1. The van der Waals surface area contributed by atoms with E-state index >= 15 is 0 Å². The summed E-state index contributed by atoms with van der Waals surface area (Å²) in [5.74, 6) is 1.55. The highest BCUT2D eigenvalue weighted by molar-refractivity contribution is 6.33. The average molecular weight is 253 g/mol. The predicted octanol–water partition coefficient (Wildman–Crippen LogP) is 3.71. The third-order valence-corrected chi connectivity index (χ3v) is 4.15. The fourth-order valence-electron chi connectivity index (χ4n) is 2.58. The molecule has 0 saturated carbocycles. The van der Waals surface area contributed by atoms with E-state index in [4.69, 9.17) is 17.3 Å². The maximum atomic E-state index is 6.11. The molecule has 1 unspecified atom stereocenters. The first-order valence-electron chi connectivity index (χ1n) is 6.29. The third-order valence-electron chi connectivity index (χ3n) is 3.82. The van der Waals surface area contributed by atoms with Crippen LogP contribution in [0.15, 0.2) is 12.1 Å². The molecule has 94 valence electrons. The number of anilines is 2. The summed E-state index contributed by atoms with van der Waals surface area (Å²) in [6.07, 6.45) is 1.28. The highest BCUT2D eigenvalue weighted by Crippen LogP contribution is 2.34. The second-order valence-corrected chi connectivity index (χ2v) is 5.81. The van der Waals surface area contributed by atoms with Crippen LogP contribution >= 0.6 is 11.6 Å². The van der Waals surface area contributed by atoms with Gasteiger partial charge < -0.3 is 10.6 Å². The Balaban J connectivity index is 2.22. The lowest BCUT2D eigenvalue weighted by atomic mass is 9.95. The molecule has 2 N–H and O–H groups in total. The number of hydrogen-bond acceptors (Lipinski definition) is 2. The van der Waals surface area contributed by atoms with Gasteiger partial charge in [-0.25, -0.2) is 0 Å². The zero-order chi connectivity index (χ0) is 12.6. The molecule has 1 aromatic carbocycles. The van der Waals surface area contributed by atoms with Gasteiger partial charge in [-0.05, 0) is 42.9 Å². The minimum absolute atomic E-state index is 0.665. The number of rotatable bonds is 2. The van der Waals surface area contributed by atoms with Crippen molar-refractivity contribution in [3.8, 4) is 0 Å². The van der Waals surface area contributed by atoms with Crippen LogP contribution in [-0.4, -0.2) is 13.1 Å². The summed E-state index contributed by atoms with van der Waals surface area (Å²) in [5.41, 5.74) is 8.95. The van der Waals surface area contributed by atoms with Gasteiger partial charge in [0.25, 0.3) is 0 Å². The largest absolute Gasteiger partial charge is 0.398 e. The molecule has 0 bridgehead atoms. The van der Waals surface area contributed by atoms with Gasteiger partial charge in [0, 0.05) is 18.8 Å². The van der Waals surface area contributed by atoms with Gasteiger partial charge in [-0.1, -0.05) is 25.4 Å². The van der Waals surface area contributed by atoms with E-state index in [1.165, 1.54) is 17.7 Å². The molecule has 2 nitrogen and oxygen atoms in total. The van der Waals surface area contributed by atoms with Crippen LogP contribution in [0.2, 0.25) is 5.02 Å². The van der Waals surface area contributed by atoms with Crippen molar-refractivity contribution in [2.24, 2.45) is 11.8 Å². The lowest BCUT2D eigenvalue weighted by Crippen LogP contribution is -2.22. The number of nitrogens with zero attached hydrogens (tertiary/aromatic N) is 1. The van der Waals surface area contributed by atoms with Crippen LogP contribution in [0.5, 0.6) is 0 Å². The lowest BCUT2D eigenvalue weighted by molar-refractivity contribution is 0.423. The van der Waals surface area contributed by atoms with Crippen molar-refractivity contribution in [3.63, 3.8) is 0 Å². The maximum Gasteiger partial charge on any atom is 0.0656 e. The molecule has 0 amide bonds. The summed E-state index contributed by atoms with van der Waals surface area (Å²) in [7, 11) is 0. The van der Waals surface area contributed by atoms with E-state index < -0.39 is 0 Å². The van der Waals surface area contributed by atoms with Gasteiger partial charge in [0.2, 0.25) is 0 Å². The molecule has 0 spiro atoms. The number of nitrogen functional groups attached to an aromatic ring is 1. The molecule has 1 fully saturated rings. The van der Waals surface area contributed by atoms with E-state index in [-0.39, 0.29) is 0 Å². The molecule has 1 aromatic rings. The van der Waals surface area contributed by atoms with Gasteiger partial charge in [0.15, 0.2) is 0 Å². The smallest absolute Gasteiger partial charge is 0.0656 e. The molecular weight excluding hydrogens is 232 g/mol. The zero-order valence-electron chi connectivity index (χ0n) is 10.8. The minimum atomic E-state index is 0.665. The molecule has 1 atom stereocenters. The number of nitrogens with two attached hydrogens (primary N) is 1. The second-order valence-electron chi connectivity index (χ2n) is 5.40. The Bertz CT molecular complexity index is 415. The van der Waals surface area contributed by atoms with Gasteiger partial charge in [0.05, 0.1) is 10.7 Å². The van der Waals surface area contributed by atoms with Crippen LogP contribution < -0.4 is 10.6 Å². The second kappa shape index (κ2) is 4.77. The molecule has 1 saturated heterocycles. The van der Waals surface area contributed by atoms with Gasteiger partial charge in [0.1, 0.15) is 0 Å². The van der Waals surface area contributed by atoms with Crippen molar-refractivity contribution < 1.29 is 0 Å². The van der Waals surface area contributed by atoms with Crippen LogP contribution in [-0.2, 0) is 0 Å². The molecule has 0 radical (unpaired) electrons. The molecule has 0 aromatic heterocycles. The fraction of sp³-hybridized carbons (Fsp3) is 0.571. The first-order valence-corrected chi connectivity index (χ1v) is 6.67. The Morgan fingerprint density at radius 2 is 2.12 bits per heavy atom. The van der Waals surface area contributed by atoms with Gasteiger partial charge in [-0.3, -0.25) is 0 Å². The van der Waals surface area contributed by atoms with E-state index in [0.717, 1.165) is 24.9 Å². The average Bonchev–Trinajstić information content (AvgIpc) is 2.72. The highest BCUT2D eigenvalue weighted by atomic mass is 35.5. The summed E-state index contributed by atoms with van der Waals surface area (Å²) in [5, 5.41) is 0.665. The summed E-state index contributed by atoms with van der Waals surface area (Å²) < 4.78 is 0. The number of benzene rings is 1. The molecule has 17 heavy (non-hydrogen) atoms. The summed E-state index contributed by atoms with van der Waals surface area (Å²) >= 11 is 6.11. The normalized spacial score (nSPS) is 20.3. The van der Waals surface area contributed by atoms with Crippen molar-refractivity contribution in [1.29, 1.82) is 0 Å². The molecular formula is C14H21ClN2. The van der Waals surface area contributed by atoms with Crippen LogP contribution in [0.25, 0.3) is 0 Å². The van der Waals surface area contributed by atoms with Crippen molar-refractivity contribution in [1.82, 2.24) is 0 Å². The predicted molar refractivity (Wildman–Crippen MR) is 75.8 cm³/mol. The van der Waals surface area contributed by atoms with Crippen molar-refractivity contribution in [2.75, 3.05) is 23.7 Å². The van der Waals surface area contributed by atoms with E-state index in [2.05, 4.69) is 25.7 Å². The monoisotopic (exact) mass is 252 g/mol. The van der Waals surface area contributed by atoms with E-state index in [0.29, 0.717) is 10.7 Å². The molecule has 2 rings (SSSR count). The van der Waals surface area contributed by atoms with E-state index in [1.54, 1.807) is 0 Å². The lowest BCUT2D eigenvalue weighted by Gasteiger charge is -2.22. The minimum Gasteiger partial charge on any atom is -0.398 e. The third kappa shape index (κ3) is 2.52. The molecule has 1 heterocycles. The van der Waals surface area contributed by atoms with Crippen LogP contribution in [0.1, 0.15) is 25.8 Å². The Morgan fingerprint density at radius 1 is 1.41 bits per heavy atom. The standard InChI is InChI=1S/C14H21ClN2/c1-9(2)11-4-5-17(8-11)14-7-12(15)13(16)6-10(14)3/h6-7,9,11H,4-5,8,16H2,1-3H3. The Hall–Kier alpha value is -0.890. The highest BCUT2D eigenvalue weighted by Gasteiger charge is 2.26. The van der Waals surface area contributed by atoms with Crippen LogP contribution in [0.4, 0.5) is 11.4 Å². The molecule has 3 heteroatoms. The molecule has 1 aliphatic rings. The van der Waals surface area contributed by atoms with Crippen molar-refractivity contribution in [2.45, 2.75) is 27.2 Å². The van der Waals surface area contributed by atoms with Crippen LogP contribution in [0, 0.1) is 18.8 Å².